The zero-order chi connectivity index (χ0) is 22.0. The predicted octanol–water partition coefficient (Wildman–Crippen LogP) is -2.28. The van der Waals surface area contributed by atoms with Crippen LogP contribution in [0.1, 0.15) is 33.6 Å². The highest BCUT2D eigenvalue weighted by Gasteiger charge is 2.31. The van der Waals surface area contributed by atoms with Crippen molar-refractivity contribution in [2.75, 3.05) is 5.75 Å². The molecule has 0 aromatic carbocycles. The van der Waals surface area contributed by atoms with Crippen molar-refractivity contribution in [3.8, 4) is 0 Å². The van der Waals surface area contributed by atoms with Gasteiger partial charge in [-0.3, -0.25) is 19.2 Å². The number of primary amides is 1. The van der Waals surface area contributed by atoms with Gasteiger partial charge in [0.25, 0.3) is 0 Å². The van der Waals surface area contributed by atoms with E-state index >= 15 is 0 Å². The van der Waals surface area contributed by atoms with Crippen LogP contribution in [0.15, 0.2) is 0 Å². The molecule has 0 radical (unpaired) electrons. The van der Waals surface area contributed by atoms with E-state index in [2.05, 4.69) is 28.6 Å². The highest BCUT2D eigenvalue weighted by atomic mass is 32.1. The van der Waals surface area contributed by atoms with Crippen LogP contribution in [0.2, 0.25) is 0 Å². The van der Waals surface area contributed by atoms with E-state index in [9.17, 15) is 24.0 Å². The van der Waals surface area contributed by atoms with Crippen molar-refractivity contribution in [3.05, 3.63) is 0 Å². The number of nitrogens with two attached hydrogens (primary N) is 2. The van der Waals surface area contributed by atoms with Gasteiger partial charge in [0.1, 0.15) is 18.1 Å². The molecule has 12 heteroatoms. The minimum absolute atomic E-state index is 0.0829. The monoisotopic (exact) mass is 419 g/mol. The first-order valence-corrected chi connectivity index (χ1v) is 9.32. The third-order valence-electron chi connectivity index (χ3n) is 3.77. The van der Waals surface area contributed by atoms with E-state index in [1.807, 2.05) is 0 Å². The summed E-state index contributed by atoms with van der Waals surface area (Å²) in [5, 5.41) is 16.2. The van der Waals surface area contributed by atoms with Crippen molar-refractivity contribution in [1.29, 1.82) is 0 Å². The summed E-state index contributed by atoms with van der Waals surface area (Å²) in [5.41, 5.74) is 10.6. The Morgan fingerprint density at radius 1 is 0.929 bits per heavy atom. The summed E-state index contributed by atoms with van der Waals surface area (Å²) in [4.78, 5) is 58.9. The summed E-state index contributed by atoms with van der Waals surface area (Å²) >= 11 is 3.87. The average Bonchev–Trinajstić information content (AvgIpc) is 2.59. The minimum Gasteiger partial charge on any atom is -0.480 e. The lowest BCUT2D eigenvalue weighted by molar-refractivity contribution is -0.142. The van der Waals surface area contributed by atoms with Crippen molar-refractivity contribution >= 4 is 42.2 Å². The normalized spacial score (nSPS) is 15.1. The summed E-state index contributed by atoms with van der Waals surface area (Å²) in [6, 6.07) is -4.32. The fourth-order valence-corrected chi connectivity index (χ4v) is 2.34. The molecule has 28 heavy (non-hydrogen) atoms. The Hall–Kier alpha value is -2.34. The van der Waals surface area contributed by atoms with Gasteiger partial charge in [-0.05, 0) is 19.3 Å². The molecule has 0 fully saturated rings. The smallest absolute Gasteiger partial charge is 0.327 e. The minimum atomic E-state index is -1.26. The van der Waals surface area contributed by atoms with Gasteiger partial charge in [0.05, 0.1) is 6.04 Å². The van der Waals surface area contributed by atoms with Gasteiger partial charge in [-0.25, -0.2) is 4.79 Å². The van der Waals surface area contributed by atoms with Gasteiger partial charge in [-0.1, -0.05) is 13.8 Å². The van der Waals surface area contributed by atoms with Crippen LogP contribution >= 0.6 is 12.6 Å². The molecule has 0 saturated heterocycles. The number of hydrogen-bond donors (Lipinski definition) is 7. The maximum Gasteiger partial charge on any atom is 0.327 e. The molecule has 0 aliphatic heterocycles. The third-order valence-corrected chi connectivity index (χ3v) is 4.14. The summed E-state index contributed by atoms with van der Waals surface area (Å²) in [6.45, 7) is 4.73. The quantitative estimate of drug-likeness (QED) is 0.173. The molecule has 11 nitrogen and oxygen atoms in total. The molecule has 0 spiro atoms. The van der Waals surface area contributed by atoms with Crippen molar-refractivity contribution < 1.29 is 29.1 Å². The van der Waals surface area contributed by atoms with E-state index in [0.29, 0.717) is 0 Å². The van der Waals surface area contributed by atoms with Gasteiger partial charge in [0.15, 0.2) is 0 Å². The van der Waals surface area contributed by atoms with Gasteiger partial charge in [-0.2, -0.15) is 12.6 Å². The lowest BCUT2D eigenvalue weighted by Crippen LogP contribution is -2.58. The summed E-state index contributed by atoms with van der Waals surface area (Å²) in [7, 11) is 0. The molecule has 0 rings (SSSR count). The number of rotatable bonds is 12. The highest BCUT2D eigenvalue weighted by molar-refractivity contribution is 7.80. The number of nitrogens with one attached hydrogen (secondary N) is 3. The fraction of sp³-hybridized carbons (Fsp3) is 0.688. The first-order chi connectivity index (χ1) is 12.9. The number of hydrogen-bond acceptors (Lipinski definition) is 7. The second-order valence-electron chi connectivity index (χ2n) is 6.67. The van der Waals surface area contributed by atoms with Gasteiger partial charge < -0.3 is 32.5 Å². The van der Waals surface area contributed by atoms with E-state index in [4.69, 9.17) is 16.6 Å². The summed E-state index contributed by atoms with van der Waals surface area (Å²) < 4.78 is 0. The van der Waals surface area contributed by atoms with Crippen molar-refractivity contribution in [2.45, 2.75) is 57.8 Å². The maximum absolute atomic E-state index is 12.6. The van der Waals surface area contributed by atoms with Crippen LogP contribution in [0, 0.1) is 5.92 Å². The number of aliphatic carboxylic acids is 1. The van der Waals surface area contributed by atoms with Crippen LogP contribution < -0.4 is 27.4 Å². The van der Waals surface area contributed by atoms with Crippen molar-refractivity contribution in [3.63, 3.8) is 0 Å². The molecular formula is C16H29N5O6S. The molecule has 0 aliphatic carbocycles. The Bertz CT molecular complexity index is 598. The Balaban J connectivity index is 5.30. The van der Waals surface area contributed by atoms with E-state index in [1.165, 1.54) is 6.92 Å². The maximum atomic E-state index is 12.6. The van der Waals surface area contributed by atoms with Crippen LogP contribution in [0.4, 0.5) is 0 Å². The molecule has 4 atom stereocenters. The van der Waals surface area contributed by atoms with Crippen LogP contribution in [-0.2, 0) is 24.0 Å². The van der Waals surface area contributed by atoms with Crippen molar-refractivity contribution in [2.24, 2.45) is 17.4 Å². The molecule has 0 aliphatic rings. The number of amides is 4. The third kappa shape index (κ3) is 9.04. The molecule has 0 aromatic heterocycles. The van der Waals surface area contributed by atoms with Gasteiger partial charge in [-0.15, -0.1) is 0 Å². The number of carbonyl (C=O) groups is 5. The number of thiol groups is 1. The average molecular weight is 420 g/mol. The van der Waals surface area contributed by atoms with Crippen molar-refractivity contribution in [1.82, 2.24) is 16.0 Å². The van der Waals surface area contributed by atoms with Gasteiger partial charge in [0, 0.05) is 12.2 Å². The Morgan fingerprint density at radius 2 is 1.46 bits per heavy atom. The topological polar surface area (TPSA) is 194 Å². The van der Waals surface area contributed by atoms with Crippen LogP contribution in [0.3, 0.4) is 0 Å². The Morgan fingerprint density at radius 3 is 1.86 bits per heavy atom. The van der Waals surface area contributed by atoms with E-state index in [-0.39, 0.29) is 24.5 Å². The van der Waals surface area contributed by atoms with Gasteiger partial charge >= 0.3 is 5.97 Å². The standard InChI is InChI=1S/C16H29N5O6S/c1-7(2)12(15(25)20-10(6-28)16(26)27)21-14(24)9(4-5-11(18)22)19-13(23)8(3)17/h7-10,12,28H,4-6,17H2,1-3H3,(H2,18,22)(H,19,23)(H,20,25)(H,21,24)(H,26,27). The molecule has 8 N–H and O–H groups in total. The molecule has 0 aromatic rings. The molecule has 160 valence electrons. The highest BCUT2D eigenvalue weighted by Crippen LogP contribution is 2.06. The van der Waals surface area contributed by atoms with Crippen LogP contribution in [0.25, 0.3) is 0 Å². The first-order valence-electron chi connectivity index (χ1n) is 8.69. The summed E-state index contributed by atoms with van der Waals surface area (Å²) in [5.74, 6) is -4.50. The lowest BCUT2D eigenvalue weighted by Gasteiger charge is -2.26. The second kappa shape index (κ2) is 12.2. The van der Waals surface area contributed by atoms with E-state index in [1.54, 1.807) is 13.8 Å². The van der Waals surface area contributed by atoms with E-state index in [0.717, 1.165) is 0 Å². The largest absolute Gasteiger partial charge is 0.480 e. The first kappa shape index (κ1) is 25.7. The number of carboxylic acid groups (broad SMARTS) is 1. The molecular weight excluding hydrogens is 390 g/mol. The number of carboxylic acids is 1. The summed E-state index contributed by atoms with van der Waals surface area (Å²) in [6.07, 6.45) is -0.253. The molecule has 0 heterocycles. The zero-order valence-corrected chi connectivity index (χ0v) is 17.0. The molecule has 4 unspecified atom stereocenters. The van der Waals surface area contributed by atoms with Crippen LogP contribution in [-0.4, -0.2) is 64.6 Å². The van der Waals surface area contributed by atoms with Gasteiger partial charge in [0.2, 0.25) is 23.6 Å². The SMILES string of the molecule is CC(N)C(=O)NC(CCC(N)=O)C(=O)NC(C(=O)NC(CS)C(=O)O)C(C)C. The Kier molecular flexibility index (Phi) is 11.2. The Labute approximate surface area is 168 Å². The van der Waals surface area contributed by atoms with Crippen LogP contribution in [0.5, 0.6) is 0 Å². The fourth-order valence-electron chi connectivity index (χ4n) is 2.09. The predicted molar refractivity (Wildman–Crippen MR) is 104 cm³/mol. The number of carbonyl (C=O) groups excluding carboxylic acids is 4. The molecule has 4 amide bonds. The molecule has 0 bridgehead atoms. The second-order valence-corrected chi connectivity index (χ2v) is 7.03. The zero-order valence-electron chi connectivity index (χ0n) is 16.1. The molecule has 0 saturated carbocycles. The lowest BCUT2D eigenvalue weighted by atomic mass is 10.0. The van der Waals surface area contributed by atoms with E-state index < -0.39 is 53.8 Å².